The van der Waals surface area contributed by atoms with Gasteiger partial charge >= 0.3 is 0 Å². The molecule has 25 heavy (non-hydrogen) atoms. The van der Waals surface area contributed by atoms with E-state index in [2.05, 4.69) is 7.11 Å². The van der Waals surface area contributed by atoms with E-state index in [9.17, 15) is 0 Å². The number of hydrogen-bond acceptors (Lipinski definition) is 3. The van der Waals surface area contributed by atoms with E-state index >= 15 is 0 Å². The standard InChI is InChI=1S/C22H21O3/c1-23-15-20-12-13-21(24-16-18-8-4-2-5-9-18)22(14-20)25-17-19-10-6-3-7-11-19/h2-14H,1,15-17H2. The van der Waals surface area contributed by atoms with Crippen LogP contribution in [0.5, 0.6) is 11.5 Å². The second kappa shape index (κ2) is 8.90. The van der Waals surface area contributed by atoms with Crippen molar-refractivity contribution in [2.24, 2.45) is 0 Å². The van der Waals surface area contributed by atoms with E-state index in [4.69, 9.17) is 14.2 Å². The molecule has 3 aromatic rings. The molecule has 0 unspecified atom stereocenters. The molecule has 0 saturated heterocycles. The van der Waals surface area contributed by atoms with Crippen LogP contribution in [-0.2, 0) is 24.6 Å². The second-order valence-corrected chi connectivity index (χ2v) is 5.68. The summed E-state index contributed by atoms with van der Waals surface area (Å²) >= 11 is 0. The topological polar surface area (TPSA) is 27.7 Å². The molecule has 0 N–H and O–H groups in total. The molecule has 0 aromatic heterocycles. The Labute approximate surface area is 148 Å². The Morgan fingerprint density at radius 1 is 0.560 bits per heavy atom. The first-order valence-electron chi connectivity index (χ1n) is 8.18. The van der Waals surface area contributed by atoms with E-state index in [0.29, 0.717) is 31.3 Å². The first-order valence-corrected chi connectivity index (χ1v) is 8.18. The van der Waals surface area contributed by atoms with Crippen molar-refractivity contribution in [2.45, 2.75) is 19.8 Å². The summed E-state index contributed by atoms with van der Waals surface area (Å²) in [4.78, 5) is 0. The van der Waals surface area contributed by atoms with Gasteiger partial charge in [0.05, 0.1) is 13.7 Å². The van der Waals surface area contributed by atoms with Gasteiger partial charge in [-0.3, -0.25) is 0 Å². The van der Waals surface area contributed by atoms with Crippen LogP contribution in [0.4, 0.5) is 0 Å². The van der Waals surface area contributed by atoms with Crippen molar-refractivity contribution >= 4 is 0 Å². The van der Waals surface area contributed by atoms with Crippen LogP contribution in [0.1, 0.15) is 16.7 Å². The Morgan fingerprint density at radius 2 is 1.12 bits per heavy atom. The molecule has 0 aliphatic rings. The molecule has 0 saturated carbocycles. The summed E-state index contributed by atoms with van der Waals surface area (Å²) in [5, 5.41) is 0. The summed E-state index contributed by atoms with van der Waals surface area (Å²) in [5.41, 5.74) is 3.21. The number of hydrogen-bond donors (Lipinski definition) is 0. The first-order chi connectivity index (χ1) is 12.3. The van der Waals surface area contributed by atoms with Gasteiger partial charge in [0.1, 0.15) is 13.2 Å². The highest BCUT2D eigenvalue weighted by Gasteiger charge is 2.08. The van der Waals surface area contributed by atoms with Crippen LogP contribution in [-0.4, -0.2) is 0 Å². The van der Waals surface area contributed by atoms with E-state index in [1.165, 1.54) is 0 Å². The lowest BCUT2D eigenvalue weighted by atomic mass is 10.2. The Hall–Kier alpha value is -2.78. The van der Waals surface area contributed by atoms with Gasteiger partial charge < -0.3 is 14.2 Å². The van der Waals surface area contributed by atoms with Crippen LogP contribution in [0, 0.1) is 7.11 Å². The summed E-state index contributed by atoms with van der Waals surface area (Å²) in [6.45, 7) is 1.41. The molecule has 3 nitrogen and oxygen atoms in total. The Kier molecular flexibility index (Phi) is 6.07. The fourth-order valence-electron chi connectivity index (χ4n) is 2.46. The van der Waals surface area contributed by atoms with Gasteiger partial charge in [-0.1, -0.05) is 66.7 Å². The van der Waals surface area contributed by atoms with Gasteiger partial charge in [0, 0.05) is 0 Å². The SMILES string of the molecule is [CH2]OCc1ccc(OCc2ccccc2)c(OCc2ccccc2)c1. The minimum Gasteiger partial charge on any atom is -0.485 e. The highest BCUT2D eigenvalue weighted by molar-refractivity contribution is 5.43. The number of rotatable bonds is 8. The molecule has 0 spiro atoms. The maximum absolute atomic E-state index is 6.00. The molecule has 0 aliphatic heterocycles. The molecule has 3 heteroatoms. The van der Waals surface area contributed by atoms with Crippen molar-refractivity contribution in [3.8, 4) is 11.5 Å². The quantitative estimate of drug-likeness (QED) is 0.570. The third-order valence-corrected chi connectivity index (χ3v) is 3.75. The monoisotopic (exact) mass is 333 g/mol. The second-order valence-electron chi connectivity index (χ2n) is 5.68. The summed E-state index contributed by atoms with van der Waals surface area (Å²) in [7, 11) is 3.43. The maximum Gasteiger partial charge on any atom is 0.162 e. The molecule has 3 rings (SSSR count). The number of ether oxygens (including phenoxy) is 3. The molecule has 0 fully saturated rings. The third kappa shape index (κ3) is 5.10. The summed E-state index contributed by atoms with van der Waals surface area (Å²) < 4.78 is 16.9. The molecule has 0 atom stereocenters. The highest BCUT2D eigenvalue weighted by atomic mass is 16.5. The van der Waals surface area contributed by atoms with Gasteiger partial charge in [0.2, 0.25) is 0 Å². The zero-order chi connectivity index (χ0) is 17.3. The van der Waals surface area contributed by atoms with Gasteiger partial charge in [-0.05, 0) is 28.8 Å². The summed E-state index contributed by atoms with van der Waals surface area (Å²) in [6.07, 6.45) is 0. The predicted octanol–water partition coefficient (Wildman–Crippen LogP) is 5.15. The molecular weight excluding hydrogens is 312 g/mol. The van der Waals surface area contributed by atoms with Crippen molar-refractivity contribution in [2.75, 3.05) is 0 Å². The minimum absolute atomic E-state index is 0.431. The lowest BCUT2D eigenvalue weighted by Crippen LogP contribution is -2.01. The molecule has 127 valence electrons. The summed E-state index contributed by atoms with van der Waals surface area (Å²) in [5.74, 6) is 1.42. The Balaban J connectivity index is 1.73. The van der Waals surface area contributed by atoms with Gasteiger partial charge in [-0.2, -0.15) is 0 Å². The van der Waals surface area contributed by atoms with E-state index in [1.807, 2.05) is 78.9 Å². The minimum atomic E-state index is 0.431. The van der Waals surface area contributed by atoms with Crippen LogP contribution >= 0.6 is 0 Å². The van der Waals surface area contributed by atoms with Crippen molar-refractivity contribution in [3.05, 3.63) is 103 Å². The van der Waals surface area contributed by atoms with Crippen molar-refractivity contribution < 1.29 is 14.2 Å². The van der Waals surface area contributed by atoms with Crippen LogP contribution < -0.4 is 9.47 Å². The molecule has 3 aromatic carbocycles. The van der Waals surface area contributed by atoms with E-state index < -0.39 is 0 Å². The predicted molar refractivity (Wildman–Crippen MR) is 98.1 cm³/mol. The first kappa shape index (κ1) is 17.1. The maximum atomic E-state index is 6.00. The van der Waals surface area contributed by atoms with Crippen molar-refractivity contribution in [3.63, 3.8) is 0 Å². The molecule has 0 aliphatic carbocycles. The molecule has 0 heterocycles. The van der Waals surface area contributed by atoms with E-state index in [1.54, 1.807) is 0 Å². The van der Waals surface area contributed by atoms with Crippen LogP contribution in [0.3, 0.4) is 0 Å². The van der Waals surface area contributed by atoms with Crippen LogP contribution in [0.25, 0.3) is 0 Å². The third-order valence-electron chi connectivity index (χ3n) is 3.75. The molecule has 0 amide bonds. The van der Waals surface area contributed by atoms with Gasteiger partial charge in [0.25, 0.3) is 0 Å². The zero-order valence-corrected chi connectivity index (χ0v) is 14.1. The summed E-state index contributed by atoms with van der Waals surface area (Å²) in [6, 6.07) is 25.9. The number of benzene rings is 3. The highest BCUT2D eigenvalue weighted by Crippen LogP contribution is 2.30. The van der Waals surface area contributed by atoms with Crippen LogP contribution in [0.2, 0.25) is 0 Å². The van der Waals surface area contributed by atoms with Crippen molar-refractivity contribution in [1.29, 1.82) is 0 Å². The fourth-order valence-corrected chi connectivity index (χ4v) is 2.46. The molecule has 0 bridgehead atoms. The van der Waals surface area contributed by atoms with Crippen molar-refractivity contribution in [1.82, 2.24) is 0 Å². The zero-order valence-electron chi connectivity index (χ0n) is 14.1. The van der Waals surface area contributed by atoms with Gasteiger partial charge in [0.15, 0.2) is 11.5 Å². The lowest BCUT2D eigenvalue weighted by Gasteiger charge is -2.14. The molecule has 1 radical (unpaired) electrons. The fraction of sp³-hybridized carbons (Fsp3) is 0.136. The lowest BCUT2D eigenvalue weighted by molar-refractivity contribution is 0.226. The van der Waals surface area contributed by atoms with E-state index in [-0.39, 0.29) is 0 Å². The normalized spacial score (nSPS) is 10.4. The Morgan fingerprint density at radius 3 is 1.68 bits per heavy atom. The molecular formula is C22H21O3. The average molecular weight is 333 g/mol. The van der Waals surface area contributed by atoms with Gasteiger partial charge in [-0.15, -0.1) is 0 Å². The van der Waals surface area contributed by atoms with E-state index in [0.717, 1.165) is 16.7 Å². The van der Waals surface area contributed by atoms with Gasteiger partial charge in [-0.25, -0.2) is 0 Å². The smallest absolute Gasteiger partial charge is 0.162 e. The largest absolute Gasteiger partial charge is 0.485 e. The van der Waals surface area contributed by atoms with Crippen LogP contribution in [0.15, 0.2) is 78.9 Å². The Bertz CT molecular complexity index is 770. The average Bonchev–Trinajstić information content (AvgIpc) is 2.67.